The number of amides is 1. The Labute approximate surface area is 106 Å². The zero-order valence-electron chi connectivity index (χ0n) is 9.79. The van der Waals surface area contributed by atoms with Crippen molar-refractivity contribution in [3.8, 4) is 0 Å². The molecule has 88 valence electrons. The van der Waals surface area contributed by atoms with Crippen LogP contribution in [0.1, 0.15) is 37.0 Å². The molecule has 0 heterocycles. The van der Waals surface area contributed by atoms with Crippen molar-refractivity contribution >= 4 is 21.8 Å². The van der Waals surface area contributed by atoms with E-state index in [1.165, 1.54) is 0 Å². The molecule has 1 rings (SSSR count). The highest BCUT2D eigenvalue weighted by atomic mass is 79.9. The van der Waals surface area contributed by atoms with E-state index in [1.54, 1.807) is 0 Å². The Balaban J connectivity index is 2.77. The van der Waals surface area contributed by atoms with Gasteiger partial charge in [-0.05, 0) is 25.0 Å². The van der Waals surface area contributed by atoms with Gasteiger partial charge in [-0.1, -0.05) is 48.0 Å². The summed E-state index contributed by atoms with van der Waals surface area (Å²) in [4.78, 5) is 12.0. The van der Waals surface area contributed by atoms with Gasteiger partial charge in [0.2, 0.25) is 0 Å². The fourth-order valence-electron chi connectivity index (χ4n) is 1.55. The van der Waals surface area contributed by atoms with Crippen molar-refractivity contribution in [1.29, 1.82) is 0 Å². The Morgan fingerprint density at radius 2 is 1.81 bits per heavy atom. The quantitative estimate of drug-likeness (QED) is 0.825. The van der Waals surface area contributed by atoms with Gasteiger partial charge >= 0.3 is 0 Å². The molecule has 0 fully saturated rings. The van der Waals surface area contributed by atoms with Gasteiger partial charge in [-0.2, -0.15) is 0 Å². The number of hydrogen-bond acceptors (Lipinski definition) is 1. The Hall–Kier alpha value is -0.830. The predicted molar refractivity (Wildman–Crippen MR) is 71.0 cm³/mol. The number of rotatable bonds is 5. The first kappa shape index (κ1) is 13.2. The number of halogens is 1. The third-order valence-corrected chi connectivity index (χ3v) is 4.10. The van der Waals surface area contributed by atoms with Crippen molar-refractivity contribution in [2.45, 2.75) is 32.2 Å². The van der Waals surface area contributed by atoms with E-state index < -0.39 is 0 Å². The van der Waals surface area contributed by atoms with Gasteiger partial charge in [0.25, 0.3) is 5.91 Å². The summed E-state index contributed by atoms with van der Waals surface area (Å²) in [6, 6.07) is 9.33. The third kappa shape index (κ3) is 3.08. The zero-order chi connectivity index (χ0) is 12.0. The fraction of sp³-hybridized carbons (Fsp3) is 0.462. The van der Waals surface area contributed by atoms with Gasteiger partial charge in [0.1, 0.15) is 0 Å². The molecule has 0 spiro atoms. The van der Waals surface area contributed by atoms with Gasteiger partial charge in [-0.15, -0.1) is 0 Å². The lowest BCUT2D eigenvalue weighted by Gasteiger charge is -2.30. The van der Waals surface area contributed by atoms with Crippen LogP contribution in [0.15, 0.2) is 30.3 Å². The van der Waals surface area contributed by atoms with Gasteiger partial charge in [0, 0.05) is 16.4 Å². The van der Waals surface area contributed by atoms with Gasteiger partial charge in [0.05, 0.1) is 0 Å². The average molecular weight is 284 g/mol. The molecule has 0 radical (unpaired) electrons. The summed E-state index contributed by atoms with van der Waals surface area (Å²) in [5.41, 5.74) is 0.585. The summed E-state index contributed by atoms with van der Waals surface area (Å²) in [5, 5.41) is 3.89. The molecule has 1 N–H and O–H groups in total. The second-order valence-electron chi connectivity index (χ2n) is 3.94. The van der Waals surface area contributed by atoms with Gasteiger partial charge < -0.3 is 5.32 Å². The van der Waals surface area contributed by atoms with Crippen LogP contribution in [-0.4, -0.2) is 16.8 Å². The highest BCUT2D eigenvalue weighted by Gasteiger charge is 2.26. The Bertz CT molecular complexity index is 325. The van der Waals surface area contributed by atoms with Gasteiger partial charge in [-0.25, -0.2) is 0 Å². The average Bonchev–Trinajstić information content (AvgIpc) is 2.37. The van der Waals surface area contributed by atoms with E-state index in [4.69, 9.17) is 0 Å². The molecule has 2 nitrogen and oxygen atoms in total. The lowest BCUT2D eigenvalue weighted by atomic mass is 9.95. The number of carbonyl (C=O) groups is 1. The Kier molecular flexibility index (Phi) is 5.00. The summed E-state index contributed by atoms with van der Waals surface area (Å²) in [6.07, 6.45) is 1.85. The third-order valence-electron chi connectivity index (χ3n) is 3.02. The molecule has 0 aromatic heterocycles. The lowest BCUT2D eigenvalue weighted by molar-refractivity contribution is 0.0903. The van der Waals surface area contributed by atoms with E-state index >= 15 is 0 Å². The van der Waals surface area contributed by atoms with Crippen LogP contribution >= 0.6 is 15.9 Å². The second-order valence-corrected chi connectivity index (χ2v) is 4.50. The summed E-state index contributed by atoms with van der Waals surface area (Å²) < 4.78 is 0. The van der Waals surface area contributed by atoms with Crippen molar-refractivity contribution in [3.05, 3.63) is 35.9 Å². The van der Waals surface area contributed by atoms with E-state index in [0.29, 0.717) is 0 Å². The minimum atomic E-state index is -0.132. The lowest BCUT2D eigenvalue weighted by Crippen LogP contribution is -2.49. The maximum absolute atomic E-state index is 12.0. The molecule has 0 aliphatic carbocycles. The highest BCUT2D eigenvalue weighted by molar-refractivity contribution is 9.09. The normalized spacial score (nSPS) is 11.2. The molecule has 1 aromatic carbocycles. The van der Waals surface area contributed by atoms with Crippen LogP contribution in [0.25, 0.3) is 0 Å². The molecule has 3 heteroatoms. The fourth-order valence-corrected chi connectivity index (χ4v) is 2.48. The molecular weight excluding hydrogens is 266 g/mol. The van der Waals surface area contributed by atoms with Crippen molar-refractivity contribution in [1.82, 2.24) is 5.32 Å². The monoisotopic (exact) mass is 283 g/mol. The molecule has 1 amide bonds. The summed E-state index contributed by atoms with van der Waals surface area (Å²) in [7, 11) is 0. The largest absolute Gasteiger partial charge is 0.346 e. The molecule has 0 atom stereocenters. The topological polar surface area (TPSA) is 29.1 Å². The number of benzene rings is 1. The van der Waals surface area contributed by atoms with Gasteiger partial charge in [-0.3, -0.25) is 4.79 Å². The molecule has 1 aromatic rings. The predicted octanol–water partition coefficient (Wildman–Crippen LogP) is 3.37. The van der Waals surface area contributed by atoms with E-state index in [-0.39, 0.29) is 11.4 Å². The maximum Gasteiger partial charge on any atom is 0.251 e. The van der Waals surface area contributed by atoms with Crippen LogP contribution in [0.2, 0.25) is 0 Å². The zero-order valence-corrected chi connectivity index (χ0v) is 11.4. The molecule has 16 heavy (non-hydrogen) atoms. The molecule has 0 aliphatic heterocycles. The first-order chi connectivity index (χ1) is 7.67. The van der Waals surface area contributed by atoms with Crippen LogP contribution in [-0.2, 0) is 0 Å². The molecule has 0 bridgehead atoms. The van der Waals surface area contributed by atoms with E-state index in [0.717, 1.165) is 23.7 Å². The number of nitrogens with one attached hydrogen (secondary N) is 1. The first-order valence-electron chi connectivity index (χ1n) is 5.61. The highest BCUT2D eigenvalue weighted by Crippen LogP contribution is 2.18. The molecule has 0 aliphatic rings. The molecule has 0 unspecified atom stereocenters. The number of hydrogen-bond donors (Lipinski definition) is 1. The minimum Gasteiger partial charge on any atom is -0.346 e. The maximum atomic E-state index is 12.0. The summed E-state index contributed by atoms with van der Waals surface area (Å²) in [5.74, 6) is 0.00347. The van der Waals surface area contributed by atoms with Gasteiger partial charge in [0.15, 0.2) is 0 Å². The van der Waals surface area contributed by atoms with E-state index in [2.05, 4.69) is 35.1 Å². The standard InChI is InChI=1S/C13H18BrNO/c1-3-13(4-2,10-14)15-12(16)11-8-6-5-7-9-11/h5-9H,3-4,10H2,1-2H3,(H,15,16). The van der Waals surface area contributed by atoms with Crippen molar-refractivity contribution in [2.24, 2.45) is 0 Å². The summed E-state index contributed by atoms with van der Waals surface area (Å²) >= 11 is 3.48. The van der Waals surface area contributed by atoms with E-state index in [9.17, 15) is 4.79 Å². The SMILES string of the molecule is CCC(CC)(CBr)NC(=O)c1ccccc1. The number of carbonyl (C=O) groups excluding carboxylic acids is 1. The van der Waals surface area contributed by atoms with Crippen molar-refractivity contribution in [2.75, 3.05) is 5.33 Å². The molecule has 0 saturated heterocycles. The first-order valence-corrected chi connectivity index (χ1v) is 6.73. The van der Waals surface area contributed by atoms with Crippen molar-refractivity contribution < 1.29 is 4.79 Å². The Morgan fingerprint density at radius 1 is 1.25 bits per heavy atom. The van der Waals surface area contributed by atoms with Crippen LogP contribution in [0.4, 0.5) is 0 Å². The van der Waals surface area contributed by atoms with Crippen LogP contribution in [0.5, 0.6) is 0 Å². The summed E-state index contributed by atoms with van der Waals surface area (Å²) in [6.45, 7) is 4.19. The molecular formula is C13H18BrNO. The minimum absolute atomic E-state index is 0.00347. The van der Waals surface area contributed by atoms with Crippen LogP contribution < -0.4 is 5.32 Å². The van der Waals surface area contributed by atoms with Crippen LogP contribution in [0.3, 0.4) is 0 Å². The van der Waals surface area contributed by atoms with Crippen LogP contribution in [0, 0.1) is 0 Å². The van der Waals surface area contributed by atoms with E-state index in [1.807, 2.05) is 30.3 Å². The molecule has 0 saturated carbocycles. The smallest absolute Gasteiger partial charge is 0.251 e. The second kappa shape index (κ2) is 6.04. The number of alkyl halides is 1. The van der Waals surface area contributed by atoms with Crippen molar-refractivity contribution in [3.63, 3.8) is 0 Å². The Morgan fingerprint density at radius 3 is 2.25 bits per heavy atom.